The first-order chi connectivity index (χ1) is 9.75. The van der Waals surface area contributed by atoms with Crippen LogP contribution in [0.3, 0.4) is 0 Å². The molecule has 3 rings (SSSR count). The Morgan fingerprint density at radius 3 is 2.45 bits per heavy atom. The maximum absolute atomic E-state index is 12.9. The average Bonchev–Trinajstić information content (AvgIpc) is 2.97. The topological polar surface area (TPSA) is 46.3 Å². The fourth-order valence-corrected chi connectivity index (χ4v) is 4.76. The number of hydrogen-bond donors (Lipinski definition) is 1. The second-order valence-electron chi connectivity index (χ2n) is 7.26. The lowest BCUT2D eigenvalue weighted by atomic mass is 9.81. The Balaban J connectivity index is 1.63. The van der Waals surface area contributed by atoms with Crippen molar-refractivity contribution in [1.82, 2.24) is 4.90 Å². The van der Waals surface area contributed by atoms with Crippen LogP contribution in [0.15, 0.2) is 0 Å². The molecule has 1 saturated heterocycles. The van der Waals surface area contributed by atoms with Crippen LogP contribution in [-0.4, -0.2) is 29.4 Å². The monoisotopic (exact) mass is 278 g/mol. The molecule has 3 aliphatic rings. The number of rotatable bonds is 2. The maximum Gasteiger partial charge on any atom is 0.225 e. The van der Waals surface area contributed by atoms with Crippen molar-refractivity contribution in [2.45, 2.75) is 82.7 Å². The van der Waals surface area contributed by atoms with Gasteiger partial charge in [-0.3, -0.25) is 4.79 Å². The molecule has 2 saturated carbocycles. The minimum atomic E-state index is 0.225. The molecule has 0 bridgehead atoms. The van der Waals surface area contributed by atoms with Crippen LogP contribution in [0.4, 0.5) is 0 Å². The fourth-order valence-electron chi connectivity index (χ4n) is 4.76. The van der Waals surface area contributed by atoms with Gasteiger partial charge < -0.3 is 10.6 Å². The Labute approximate surface area is 123 Å². The zero-order valence-corrected chi connectivity index (χ0v) is 12.7. The van der Waals surface area contributed by atoms with E-state index < -0.39 is 0 Å². The maximum atomic E-state index is 12.9. The van der Waals surface area contributed by atoms with E-state index in [1.165, 1.54) is 44.9 Å². The van der Waals surface area contributed by atoms with Crippen LogP contribution in [0.2, 0.25) is 0 Å². The lowest BCUT2D eigenvalue weighted by molar-refractivity contribution is -0.138. The Hall–Kier alpha value is -0.570. The summed E-state index contributed by atoms with van der Waals surface area (Å²) < 4.78 is 0. The zero-order chi connectivity index (χ0) is 13.9. The Morgan fingerprint density at radius 2 is 1.70 bits per heavy atom. The predicted octanol–water partition coefficient (Wildman–Crippen LogP) is 3.08. The summed E-state index contributed by atoms with van der Waals surface area (Å²) in [4.78, 5) is 15.1. The molecule has 1 amide bonds. The van der Waals surface area contributed by atoms with Crippen molar-refractivity contribution < 1.29 is 4.79 Å². The predicted molar refractivity (Wildman–Crippen MR) is 81.2 cm³/mol. The van der Waals surface area contributed by atoms with Gasteiger partial charge in [0.25, 0.3) is 0 Å². The number of nitrogens with zero attached hydrogens (tertiary/aromatic N) is 1. The molecule has 0 aromatic rings. The second-order valence-corrected chi connectivity index (χ2v) is 7.26. The first-order valence-electron chi connectivity index (χ1n) is 8.82. The highest BCUT2D eigenvalue weighted by molar-refractivity contribution is 5.79. The van der Waals surface area contributed by atoms with E-state index in [2.05, 4.69) is 4.90 Å². The van der Waals surface area contributed by atoms with Gasteiger partial charge >= 0.3 is 0 Å². The van der Waals surface area contributed by atoms with Crippen molar-refractivity contribution in [2.75, 3.05) is 6.54 Å². The molecule has 3 heteroatoms. The van der Waals surface area contributed by atoms with Gasteiger partial charge in [-0.1, -0.05) is 25.7 Å². The first-order valence-corrected chi connectivity index (χ1v) is 8.82. The molecule has 3 fully saturated rings. The summed E-state index contributed by atoms with van der Waals surface area (Å²) in [6, 6.07) is 0.814. The van der Waals surface area contributed by atoms with Crippen LogP contribution < -0.4 is 5.73 Å². The van der Waals surface area contributed by atoms with E-state index in [-0.39, 0.29) is 12.0 Å². The SMILES string of the molecule is NC1CCCC(C(=O)N2CCCC2C2CCCCC2)C1. The van der Waals surface area contributed by atoms with E-state index in [9.17, 15) is 4.79 Å². The average molecular weight is 278 g/mol. The zero-order valence-electron chi connectivity index (χ0n) is 12.7. The molecular weight excluding hydrogens is 248 g/mol. The van der Waals surface area contributed by atoms with Gasteiger partial charge in [0.05, 0.1) is 0 Å². The van der Waals surface area contributed by atoms with Gasteiger partial charge in [-0.25, -0.2) is 0 Å². The van der Waals surface area contributed by atoms with Crippen molar-refractivity contribution in [1.29, 1.82) is 0 Å². The molecule has 0 aromatic heterocycles. The van der Waals surface area contributed by atoms with Gasteiger partial charge in [0.1, 0.15) is 0 Å². The van der Waals surface area contributed by atoms with E-state index in [1.54, 1.807) is 0 Å². The summed E-state index contributed by atoms with van der Waals surface area (Å²) in [5, 5.41) is 0. The van der Waals surface area contributed by atoms with E-state index in [4.69, 9.17) is 5.73 Å². The third-order valence-electron chi connectivity index (χ3n) is 5.84. The molecule has 0 radical (unpaired) electrons. The number of likely N-dealkylation sites (tertiary alicyclic amines) is 1. The molecule has 114 valence electrons. The molecule has 20 heavy (non-hydrogen) atoms. The van der Waals surface area contributed by atoms with E-state index >= 15 is 0 Å². The summed E-state index contributed by atoms with van der Waals surface area (Å²) in [6.07, 6.45) is 13.5. The second kappa shape index (κ2) is 6.46. The van der Waals surface area contributed by atoms with Crippen molar-refractivity contribution in [3.63, 3.8) is 0 Å². The van der Waals surface area contributed by atoms with Crippen LogP contribution in [0, 0.1) is 11.8 Å². The number of hydrogen-bond acceptors (Lipinski definition) is 2. The number of carbonyl (C=O) groups is 1. The molecule has 0 aromatic carbocycles. The van der Waals surface area contributed by atoms with Gasteiger partial charge in [-0.15, -0.1) is 0 Å². The first kappa shape index (κ1) is 14.4. The van der Waals surface area contributed by atoms with Gasteiger partial charge in [0.15, 0.2) is 0 Å². The number of amides is 1. The third kappa shape index (κ3) is 3.03. The summed E-state index contributed by atoms with van der Waals surface area (Å²) in [6.45, 7) is 1.01. The van der Waals surface area contributed by atoms with Gasteiger partial charge in [-0.2, -0.15) is 0 Å². The minimum absolute atomic E-state index is 0.225. The lowest BCUT2D eigenvalue weighted by Crippen LogP contribution is -2.45. The molecule has 3 nitrogen and oxygen atoms in total. The van der Waals surface area contributed by atoms with Gasteiger partial charge in [0.2, 0.25) is 5.91 Å². The van der Waals surface area contributed by atoms with Crippen molar-refractivity contribution in [3.8, 4) is 0 Å². The number of nitrogens with two attached hydrogens (primary N) is 1. The Bertz CT molecular complexity index is 338. The Morgan fingerprint density at radius 1 is 0.900 bits per heavy atom. The third-order valence-corrected chi connectivity index (χ3v) is 5.84. The lowest BCUT2D eigenvalue weighted by Gasteiger charge is -2.37. The smallest absolute Gasteiger partial charge is 0.225 e. The summed E-state index contributed by atoms with van der Waals surface area (Å²) in [5.41, 5.74) is 6.07. The summed E-state index contributed by atoms with van der Waals surface area (Å²) in [7, 11) is 0. The van der Waals surface area contributed by atoms with Crippen LogP contribution in [-0.2, 0) is 4.79 Å². The molecule has 1 heterocycles. The highest BCUT2D eigenvalue weighted by Crippen LogP contribution is 2.36. The summed E-state index contributed by atoms with van der Waals surface area (Å²) in [5.74, 6) is 1.45. The Kier molecular flexibility index (Phi) is 4.65. The van der Waals surface area contributed by atoms with Crippen molar-refractivity contribution in [3.05, 3.63) is 0 Å². The normalized spacial score (nSPS) is 36.2. The largest absolute Gasteiger partial charge is 0.339 e. The molecule has 0 spiro atoms. The molecule has 3 atom stereocenters. The molecular formula is C17H30N2O. The summed E-state index contributed by atoms with van der Waals surface area (Å²) >= 11 is 0. The number of carbonyl (C=O) groups excluding carboxylic acids is 1. The minimum Gasteiger partial charge on any atom is -0.339 e. The van der Waals surface area contributed by atoms with Crippen molar-refractivity contribution >= 4 is 5.91 Å². The van der Waals surface area contributed by atoms with E-state index in [0.717, 1.165) is 38.1 Å². The highest BCUT2D eigenvalue weighted by atomic mass is 16.2. The molecule has 2 N–H and O–H groups in total. The van der Waals surface area contributed by atoms with Crippen LogP contribution in [0.25, 0.3) is 0 Å². The molecule has 1 aliphatic heterocycles. The quantitative estimate of drug-likeness (QED) is 0.843. The standard InChI is InChI=1S/C17H30N2O/c18-15-9-4-8-14(12-15)17(20)19-11-5-10-16(19)13-6-2-1-3-7-13/h13-16H,1-12,18H2. The van der Waals surface area contributed by atoms with Crippen LogP contribution in [0.5, 0.6) is 0 Å². The molecule has 3 unspecified atom stereocenters. The fraction of sp³-hybridized carbons (Fsp3) is 0.941. The highest BCUT2D eigenvalue weighted by Gasteiger charge is 2.38. The van der Waals surface area contributed by atoms with Crippen molar-refractivity contribution in [2.24, 2.45) is 17.6 Å². The van der Waals surface area contributed by atoms with Gasteiger partial charge in [0, 0.05) is 24.5 Å². The van der Waals surface area contributed by atoms with Gasteiger partial charge in [-0.05, 0) is 50.9 Å². The van der Waals surface area contributed by atoms with Crippen LogP contribution in [0.1, 0.15) is 70.6 Å². The van der Waals surface area contributed by atoms with E-state index in [1.807, 2.05) is 0 Å². The van der Waals surface area contributed by atoms with Crippen LogP contribution >= 0.6 is 0 Å². The van der Waals surface area contributed by atoms with E-state index in [0.29, 0.717) is 11.9 Å². The molecule has 2 aliphatic carbocycles.